The van der Waals surface area contributed by atoms with Crippen LogP contribution >= 0.6 is 11.3 Å². The normalized spacial score (nSPS) is 23.7. The molecule has 4 aromatic rings. The molecular formula is C34H33N5O6S2. The van der Waals surface area contributed by atoms with Gasteiger partial charge in [0.05, 0.1) is 34.1 Å². The van der Waals surface area contributed by atoms with Crippen molar-refractivity contribution >= 4 is 50.1 Å². The van der Waals surface area contributed by atoms with E-state index < -0.39 is 50.7 Å². The first-order chi connectivity index (χ1) is 22.7. The second-order valence-corrected chi connectivity index (χ2v) is 15.1. The maximum Gasteiger partial charge on any atom is 0.259 e. The number of aromatic nitrogens is 2. The maximum absolute atomic E-state index is 14.0. The minimum atomic E-state index is -3.84. The number of nitrogens with zero attached hydrogens (tertiary/aromatic N) is 3. The predicted octanol–water partition coefficient (Wildman–Crippen LogP) is 3.62. The van der Waals surface area contributed by atoms with Crippen LogP contribution in [0.5, 0.6) is 5.88 Å². The summed E-state index contributed by atoms with van der Waals surface area (Å²) in [5, 5.41) is 4.16. The molecule has 2 N–H and O–H groups in total. The number of hydrogen-bond donors (Lipinski definition) is 2. The van der Waals surface area contributed by atoms with Gasteiger partial charge in [-0.3, -0.25) is 19.1 Å². The second kappa shape index (κ2) is 12.2. The molecule has 2 saturated carbocycles. The molecule has 1 saturated heterocycles. The van der Waals surface area contributed by atoms with Crippen molar-refractivity contribution in [1.29, 1.82) is 0 Å². The number of para-hydroxylation sites is 2. The molecule has 3 heterocycles. The van der Waals surface area contributed by atoms with Crippen LogP contribution in [0.2, 0.25) is 0 Å². The average molecular weight is 672 g/mol. The molecule has 0 unspecified atom stereocenters. The first-order valence-electron chi connectivity index (χ1n) is 15.5. The number of fused-ring (bicyclic) bond motifs is 1. The van der Waals surface area contributed by atoms with Crippen LogP contribution in [0, 0.1) is 5.92 Å². The molecule has 4 atom stereocenters. The Kier molecular flexibility index (Phi) is 8.04. The standard InChI is InChI=1S/C34H33N5O6S2/c1-2-22-19-34(22,33(42)38-47(43,44)24-14-15-24)37-31(41)27-18-23(20-39(27)29(40)17-21-9-4-3-5-10-21)45-32-30(28-13-8-16-46-28)35-25-11-6-7-12-26(25)36-32/h2-13,16,22-24,27H,1,14-15,17-20H2,(H,37,41)(H,38,42)/t22-,23-,27+,34-/m1/s1. The van der Waals surface area contributed by atoms with Crippen LogP contribution in [0.4, 0.5) is 0 Å². The Labute approximate surface area is 276 Å². The molecule has 242 valence electrons. The third-order valence-corrected chi connectivity index (χ3v) is 11.6. The Morgan fingerprint density at radius 1 is 1.02 bits per heavy atom. The number of carbonyl (C=O) groups excluding carboxylic acids is 3. The van der Waals surface area contributed by atoms with Crippen molar-refractivity contribution in [2.45, 2.75) is 55.0 Å². The predicted molar refractivity (Wildman–Crippen MR) is 177 cm³/mol. The van der Waals surface area contributed by atoms with Crippen LogP contribution in [0.3, 0.4) is 0 Å². The van der Waals surface area contributed by atoms with Gasteiger partial charge in [-0.05, 0) is 48.4 Å². The van der Waals surface area contributed by atoms with Gasteiger partial charge in [-0.15, -0.1) is 17.9 Å². The Balaban J connectivity index is 1.16. The molecule has 47 heavy (non-hydrogen) atoms. The third-order valence-electron chi connectivity index (χ3n) is 8.90. The Morgan fingerprint density at radius 2 is 1.74 bits per heavy atom. The zero-order valence-corrected chi connectivity index (χ0v) is 27.0. The molecule has 0 radical (unpaired) electrons. The van der Waals surface area contributed by atoms with Crippen LogP contribution in [0.25, 0.3) is 21.6 Å². The Hall–Kier alpha value is -4.62. The quantitative estimate of drug-likeness (QED) is 0.230. The summed E-state index contributed by atoms with van der Waals surface area (Å²) in [5.41, 5.74) is 1.24. The number of amides is 3. The highest BCUT2D eigenvalue weighted by molar-refractivity contribution is 7.91. The van der Waals surface area contributed by atoms with Gasteiger partial charge in [0, 0.05) is 12.3 Å². The highest BCUT2D eigenvalue weighted by atomic mass is 32.2. The zero-order chi connectivity index (χ0) is 32.8. The first-order valence-corrected chi connectivity index (χ1v) is 17.9. The first kappa shape index (κ1) is 31.0. The number of ether oxygens (including phenoxy) is 1. The van der Waals surface area contributed by atoms with Crippen LogP contribution in [-0.2, 0) is 30.8 Å². The summed E-state index contributed by atoms with van der Waals surface area (Å²) in [6.07, 6.45) is 2.29. The number of sulfonamides is 1. The van der Waals surface area contributed by atoms with Crippen molar-refractivity contribution in [2.24, 2.45) is 5.92 Å². The van der Waals surface area contributed by atoms with Gasteiger partial charge in [0.25, 0.3) is 5.91 Å². The summed E-state index contributed by atoms with van der Waals surface area (Å²) in [6.45, 7) is 3.87. The van der Waals surface area contributed by atoms with Gasteiger partial charge in [0.15, 0.2) is 0 Å². The molecule has 11 nitrogen and oxygen atoms in total. The van der Waals surface area contributed by atoms with Crippen LogP contribution < -0.4 is 14.8 Å². The monoisotopic (exact) mass is 671 g/mol. The molecule has 3 amide bonds. The number of likely N-dealkylation sites (tertiary alicyclic amines) is 1. The van der Waals surface area contributed by atoms with Gasteiger partial charge < -0.3 is 15.0 Å². The molecule has 2 aromatic heterocycles. The number of rotatable bonds is 11. The summed E-state index contributed by atoms with van der Waals surface area (Å²) in [6, 6.07) is 19.5. The average Bonchev–Trinajstić information content (AvgIpc) is 3.94. The van der Waals surface area contributed by atoms with Crippen LogP contribution in [0.1, 0.15) is 31.2 Å². The van der Waals surface area contributed by atoms with E-state index in [9.17, 15) is 22.8 Å². The van der Waals surface area contributed by atoms with E-state index in [4.69, 9.17) is 14.7 Å². The van der Waals surface area contributed by atoms with Crippen molar-refractivity contribution < 1.29 is 27.5 Å². The zero-order valence-electron chi connectivity index (χ0n) is 25.4. The van der Waals surface area contributed by atoms with Crippen molar-refractivity contribution in [3.8, 4) is 16.5 Å². The van der Waals surface area contributed by atoms with Gasteiger partial charge in [-0.1, -0.05) is 54.6 Å². The molecule has 3 fully saturated rings. The van der Waals surface area contributed by atoms with E-state index in [2.05, 4.69) is 16.6 Å². The lowest BCUT2D eigenvalue weighted by atomic mass is 10.1. The maximum atomic E-state index is 14.0. The topological polar surface area (TPSA) is 148 Å². The summed E-state index contributed by atoms with van der Waals surface area (Å²) >= 11 is 1.50. The molecule has 7 rings (SSSR count). The lowest BCUT2D eigenvalue weighted by molar-refractivity contribution is -0.139. The molecule has 13 heteroatoms. The number of carbonyl (C=O) groups is 3. The number of thiophene rings is 1. The fraction of sp³-hybridized carbons (Fsp3) is 0.324. The van der Waals surface area contributed by atoms with Gasteiger partial charge >= 0.3 is 0 Å². The highest BCUT2D eigenvalue weighted by Crippen LogP contribution is 2.45. The molecule has 3 aliphatic rings. The van der Waals surface area contributed by atoms with Gasteiger partial charge in [0.1, 0.15) is 23.4 Å². The van der Waals surface area contributed by atoms with E-state index in [1.165, 1.54) is 22.3 Å². The Morgan fingerprint density at radius 3 is 2.40 bits per heavy atom. The number of benzene rings is 2. The van der Waals surface area contributed by atoms with E-state index in [0.717, 1.165) is 10.4 Å². The van der Waals surface area contributed by atoms with Gasteiger partial charge in [-0.2, -0.15) is 0 Å². The molecular weight excluding hydrogens is 639 g/mol. The third kappa shape index (κ3) is 6.24. The van der Waals surface area contributed by atoms with Crippen LogP contribution in [-0.4, -0.2) is 70.5 Å². The molecule has 2 aliphatic carbocycles. The molecule has 1 aliphatic heterocycles. The number of hydrogen-bond acceptors (Lipinski definition) is 9. The fourth-order valence-electron chi connectivity index (χ4n) is 6.10. The smallest absolute Gasteiger partial charge is 0.259 e. The molecule has 2 aromatic carbocycles. The van der Waals surface area contributed by atoms with Gasteiger partial charge in [0.2, 0.25) is 27.7 Å². The molecule has 0 bridgehead atoms. The number of nitrogens with one attached hydrogen (secondary N) is 2. The Bertz CT molecular complexity index is 1970. The SMILES string of the molecule is C=C[C@@H]1C[C@]1(NC(=O)[C@@H]1C[C@@H](Oc2nc3ccccc3nc2-c2cccs2)CN1C(=O)Cc1ccccc1)C(=O)NS(=O)(=O)C1CC1. The van der Waals surface area contributed by atoms with E-state index in [1.54, 1.807) is 0 Å². The van der Waals surface area contributed by atoms with Crippen molar-refractivity contribution in [3.05, 3.63) is 90.3 Å². The van der Waals surface area contributed by atoms with E-state index in [0.29, 0.717) is 35.4 Å². The minimum Gasteiger partial charge on any atom is -0.471 e. The lowest BCUT2D eigenvalue weighted by Crippen LogP contribution is -2.56. The van der Waals surface area contributed by atoms with Crippen LogP contribution in [0.15, 0.2) is 84.8 Å². The van der Waals surface area contributed by atoms with Crippen molar-refractivity contribution in [3.63, 3.8) is 0 Å². The highest BCUT2D eigenvalue weighted by Gasteiger charge is 2.62. The summed E-state index contributed by atoms with van der Waals surface area (Å²) in [4.78, 5) is 53.0. The van der Waals surface area contributed by atoms with E-state index in [1.807, 2.05) is 72.1 Å². The van der Waals surface area contributed by atoms with Crippen molar-refractivity contribution in [2.75, 3.05) is 6.54 Å². The minimum absolute atomic E-state index is 0.0636. The summed E-state index contributed by atoms with van der Waals surface area (Å²) < 4.78 is 33.8. The van der Waals surface area contributed by atoms with Crippen molar-refractivity contribution in [1.82, 2.24) is 24.9 Å². The van der Waals surface area contributed by atoms with E-state index in [-0.39, 0.29) is 31.7 Å². The largest absolute Gasteiger partial charge is 0.471 e. The molecule has 0 spiro atoms. The van der Waals surface area contributed by atoms with Gasteiger partial charge in [-0.25, -0.2) is 18.4 Å². The van der Waals surface area contributed by atoms with E-state index >= 15 is 0 Å². The fourth-order valence-corrected chi connectivity index (χ4v) is 8.17. The lowest BCUT2D eigenvalue weighted by Gasteiger charge is -2.26. The summed E-state index contributed by atoms with van der Waals surface area (Å²) in [5.74, 6) is -1.80. The summed E-state index contributed by atoms with van der Waals surface area (Å²) in [7, 11) is -3.84. The second-order valence-electron chi connectivity index (χ2n) is 12.2.